The van der Waals surface area contributed by atoms with E-state index in [0.29, 0.717) is 44.9 Å². The Morgan fingerprint density at radius 2 is 1.41 bits per heavy atom. The molecule has 4 aliphatic carbocycles. The van der Waals surface area contributed by atoms with Crippen LogP contribution in [0, 0.1) is 34.5 Å². The molecular formula is C23H29F7O4. The first-order valence-corrected chi connectivity index (χ1v) is 11.8. The summed E-state index contributed by atoms with van der Waals surface area (Å²) >= 11 is 0. The molecule has 34 heavy (non-hydrogen) atoms. The van der Waals surface area contributed by atoms with Gasteiger partial charge >= 0.3 is 24.3 Å². The fourth-order valence-electron chi connectivity index (χ4n) is 7.86. The Labute approximate surface area is 192 Å². The molecule has 4 aliphatic rings. The summed E-state index contributed by atoms with van der Waals surface area (Å²) in [6.45, 7) is 3.66. The molecule has 11 heteroatoms. The van der Waals surface area contributed by atoms with Crippen molar-refractivity contribution in [3.8, 4) is 0 Å². The third kappa shape index (κ3) is 3.98. The van der Waals surface area contributed by atoms with E-state index in [-0.39, 0.29) is 41.9 Å². The SMILES string of the molecule is C[C@]12CCC(OC(=O)C(F)(F)F)CC1CC[C@@H]1[C@H]2CC[C@@]2(C)[C@H]1CCC2(F)OC(=O)C(F)(F)F. The second kappa shape index (κ2) is 7.98. The highest BCUT2D eigenvalue weighted by atomic mass is 19.4. The molecule has 0 amide bonds. The van der Waals surface area contributed by atoms with E-state index in [1.165, 1.54) is 0 Å². The summed E-state index contributed by atoms with van der Waals surface area (Å²) in [5, 5.41) is 0. The first-order chi connectivity index (χ1) is 15.5. The van der Waals surface area contributed by atoms with Crippen LogP contribution in [0.4, 0.5) is 30.7 Å². The van der Waals surface area contributed by atoms with Crippen molar-refractivity contribution >= 4 is 11.9 Å². The number of ether oxygens (including phenoxy) is 2. The van der Waals surface area contributed by atoms with Crippen LogP contribution in [0.15, 0.2) is 0 Å². The second-order valence-corrected chi connectivity index (χ2v) is 11.1. The molecule has 0 radical (unpaired) electrons. The van der Waals surface area contributed by atoms with Crippen molar-refractivity contribution in [1.82, 2.24) is 0 Å². The van der Waals surface area contributed by atoms with Crippen molar-refractivity contribution in [3.05, 3.63) is 0 Å². The zero-order chi connectivity index (χ0) is 25.3. The third-order valence-electron chi connectivity index (χ3n) is 9.63. The number of rotatable bonds is 2. The number of fused-ring (bicyclic) bond motifs is 5. The van der Waals surface area contributed by atoms with Crippen molar-refractivity contribution in [2.75, 3.05) is 0 Å². The van der Waals surface area contributed by atoms with Crippen LogP contribution in [0.1, 0.15) is 71.6 Å². The summed E-state index contributed by atoms with van der Waals surface area (Å²) in [7, 11) is 0. The predicted molar refractivity (Wildman–Crippen MR) is 104 cm³/mol. The van der Waals surface area contributed by atoms with E-state index in [1.807, 2.05) is 0 Å². The maximum Gasteiger partial charge on any atom is 0.491 e. The monoisotopic (exact) mass is 502 g/mol. The Bertz CT molecular complexity index is 842. The Balaban J connectivity index is 1.48. The minimum absolute atomic E-state index is 0.0245. The van der Waals surface area contributed by atoms with Crippen LogP contribution < -0.4 is 0 Å². The van der Waals surface area contributed by atoms with Gasteiger partial charge in [-0.05, 0) is 80.5 Å². The van der Waals surface area contributed by atoms with Gasteiger partial charge in [0, 0.05) is 11.8 Å². The van der Waals surface area contributed by atoms with Crippen LogP contribution in [0.2, 0.25) is 0 Å². The second-order valence-electron chi connectivity index (χ2n) is 11.1. The highest BCUT2D eigenvalue weighted by Gasteiger charge is 2.68. The van der Waals surface area contributed by atoms with Crippen LogP contribution in [-0.2, 0) is 19.1 Å². The molecule has 194 valence electrons. The summed E-state index contributed by atoms with van der Waals surface area (Å²) < 4.78 is 101. The zero-order valence-corrected chi connectivity index (χ0v) is 19.0. The first kappa shape index (κ1) is 25.5. The summed E-state index contributed by atoms with van der Waals surface area (Å²) in [4.78, 5) is 22.7. The van der Waals surface area contributed by atoms with Gasteiger partial charge in [-0.15, -0.1) is 0 Å². The van der Waals surface area contributed by atoms with Gasteiger partial charge in [0.05, 0.1) is 0 Å². The molecule has 8 atom stereocenters. The molecule has 0 N–H and O–H groups in total. The topological polar surface area (TPSA) is 52.6 Å². The summed E-state index contributed by atoms with van der Waals surface area (Å²) in [6.07, 6.45) is -7.78. The van der Waals surface area contributed by atoms with Crippen molar-refractivity contribution < 1.29 is 49.8 Å². The first-order valence-electron chi connectivity index (χ1n) is 11.8. The Morgan fingerprint density at radius 1 is 0.794 bits per heavy atom. The fraction of sp³-hybridized carbons (Fsp3) is 0.913. The number of hydrogen-bond acceptors (Lipinski definition) is 4. The highest BCUT2D eigenvalue weighted by Crippen LogP contribution is 2.69. The van der Waals surface area contributed by atoms with Crippen molar-refractivity contribution in [3.63, 3.8) is 0 Å². The molecular weight excluding hydrogens is 473 g/mol. The molecule has 0 aromatic rings. The van der Waals surface area contributed by atoms with Crippen molar-refractivity contribution in [2.24, 2.45) is 34.5 Å². The standard InChI is InChI=1S/C23H29F7O4/c1-19-8-5-13(33-17(31)22(25,26)27)11-12(19)3-4-14-15(19)6-9-20(2)16(14)7-10-21(20,24)34-18(32)23(28,29)30/h12-16H,3-11H2,1-2H3/t12?,13?,14-,15-,16+,19+,20+,21?/m1/s1. The molecule has 0 aliphatic heterocycles. The number of carbonyl (C=O) groups excluding carboxylic acids is 2. The van der Waals surface area contributed by atoms with Gasteiger partial charge in [-0.2, -0.15) is 30.7 Å². The zero-order valence-electron chi connectivity index (χ0n) is 19.0. The van der Waals surface area contributed by atoms with Gasteiger partial charge in [0.25, 0.3) is 5.85 Å². The van der Waals surface area contributed by atoms with Crippen LogP contribution in [0.5, 0.6) is 0 Å². The summed E-state index contributed by atoms with van der Waals surface area (Å²) in [6, 6.07) is 0. The number of esters is 2. The van der Waals surface area contributed by atoms with Gasteiger partial charge in [-0.3, -0.25) is 0 Å². The van der Waals surface area contributed by atoms with Gasteiger partial charge in [0.15, 0.2) is 0 Å². The molecule has 4 saturated carbocycles. The fourth-order valence-corrected chi connectivity index (χ4v) is 7.86. The lowest BCUT2D eigenvalue weighted by atomic mass is 9.45. The van der Waals surface area contributed by atoms with E-state index >= 15 is 4.39 Å². The van der Waals surface area contributed by atoms with E-state index in [0.717, 1.165) is 0 Å². The maximum absolute atomic E-state index is 15.8. The van der Waals surface area contributed by atoms with Crippen molar-refractivity contribution in [1.29, 1.82) is 0 Å². The van der Waals surface area contributed by atoms with Crippen LogP contribution in [0.3, 0.4) is 0 Å². The lowest BCUT2D eigenvalue weighted by Crippen LogP contribution is -2.57. The molecule has 0 spiro atoms. The normalized spacial score (nSPS) is 44.4. The lowest BCUT2D eigenvalue weighted by Gasteiger charge is -2.61. The summed E-state index contributed by atoms with van der Waals surface area (Å²) in [5.74, 6) is -7.44. The number of carbonyl (C=O) groups is 2. The third-order valence-corrected chi connectivity index (χ3v) is 9.63. The van der Waals surface area contributed by atoms with E-state index in [1.54, 1.807) is 6.92 Å². The van der Waals surface area contributed by atoms with Gasteiger partial charge in [0.1, 0.15) is 6.10 Å². The number of hydrogen-bond donors (Lipinski definition) is 0. The quantitative estimate of drug-likeness (QED) is 0.330. The molecule has 0 saturated heterocycles. The summed E-state index contributed by atoms with van der Waals surface area (Å²) in [5.41, 5.74) is -1.46. The molecule has 0 aromatic heterocycles. The Morgan fingerprint density at radius 3 is 2.03 bits per heavy atom. The molecule has 0 aromatic carbocycles. The average molecular weight is 502 g/mol. The Hall–Kier alpha value is -1.55. The van der Waals surface area contributed by atoms with E-state index in [4.69, 9.17) is 4.74 Å². The van der Waals surface area contributed by atoms with Crippen LogP contribution in [0.25, 0.3) is 0 Å². The van der Waals surface area contributed by atoms with Crippen LogP contribution >= 0.6 is 0 Å². The van der Waals surface area contributed by atoms with Crippen LogP contribution in [-0.4, -0.2) is 36.2 Å². The smallest absolute Gasteiger partial charge is 0.456 e. The minimum Gasteiger partial charge on any atom is -0.456 e. The van der Waals surface area contributed by atoms with Gasteiger partial charge in [-0.1, -0.05) is 13.8 Å². The number of alkyl halides is 7. The predicted octanol–water partition coefficient (Wildman–Crippen LogP) is 6.27. The Kier molecular flexibility index (Phi) is 5.99. The maximum atomic E-state index is 15.8. The molecule has 3 unspecified atom stereocenters. The van der Waals surface area contributed by atoms with Gasteiger partial charge in [0.2, 0.25) is 0 Å². The molecule has 4 fully saturated rings. The number of halogens is 7. The van der Waals surface area contributed by atoms with E-state index < -0.39 is 41.7 Å². The molecule has 0 bridgehead atoms. The molecule has 4 nitrogen and oxygen atoms in total. The average Bonchev–Trinajstić information content (AvgIpc) is 2.97. The lowest BCUT2D eigenvalue weighted by molar-refractivity contribution is -0.260. The van der Waals surface area contributed by atoms with E-state index in [2.05, 4.69) is 11.7 Å². The molecule has 4 rings (SSSR count). The molecule has 0 heterocycles. The van der Waals surface area contributed by atoms with E-state index in [9.17, 15) is 35.9 Å². The van der Waals surface area contributed by atoms with Gasteiger partial charge in [-0.25, -0.2) is 9.59 Å². The highest BCUT2D eigenvalue weighted by molar-refractivity contribution is 5.76. The largest absolute Gasteiger partial charge is 0.491 e. The van der Waals surface area contributed by atoms with Gasteiger partial charge < -0.3 is 9.47 Å². The van der Waals surface area contributed by atoms with Crippen molar-refractivity contribution in [2.45, 2.75) is 95.9 Å². The minimum atomic E-state index is -5.27.